The monoisotopic (exact) mass is 369 g/mol. The standard InChI is InChI=1S/C13H18F7NO3/c1-3-5-8(10(23)24-6-4-2)21-9(22)7-11(14,15)12(16,17)13(18,19)20/h8H,3-7H2,1-2H3,(H,21,22). The van der Waals surface area contributed by atoms with Crippen LogP contribution in [0.4, 0.5) is 30.7 Å². The normalized spacial score (nSPS) is 14.2. The molecule has 1 unspecified atom stereocenters. The van der Waals surface area contributed by atoms with Crippen LogP contribution in [0.5, 0.6) is 0 Å². The lowest BCUT2D eigenvalue weighted by molar-refractivity contribution is -0.353. The van der Waals surface area contributed by atoms with E-state index in [1.54, 1.807) is 19.2 Å². The minimum Gasteiger partial charge on any atom is -0.464 e. The molecule has 0 spiro atoms. The van der Waals surface area contributed by atoms with E-state index in [1.807, 2.05) is 0 Å². The summed E-state index contributed by atoms with van der Waals surface area (Å²) in [5.74, 6) is -14.8. The van der Waals surface area contributed by atoms with Gasteiger partial charge >= 0.3 is 24.0 Å². The number of esters is 1. The molecule has 0 aliphatic heterocycles. The van der Waals surface area contributed by atoms with E-state index in [0.29, 0.717) is 12.8 Å². The first kappa shape index (κ1) is 22.4. The van der Waals surface area contributed by atoms with Gasteiger partial charge in [0.25, 0.3) is 0 Å². The Morgan fingerprint density at radius 2 is 1.54 bits per heavy atom. The van der Waals surface area contributed by atoms with Crippen molar-refractivity contribution in [3.8, 4) is 0 Å². The molecule has 0 aromatic rings. The van der Waals surface area contributed by atoms with Gasteiger partial charge in [-0.25, -0.2) is 4.79 Å². The molecule has 0 saturated carbocycles. The van der Waals surface area contributed by atoms with Gasteiger partial charge in [-0.2, -0.15) is 30.7 Å². The zero-order valence-electron chi connectivity index (χ0n) is 13.0. The molecule has 1 N–H and O–H groups in total. The van der Waals surface area contributed by atoms with Crippen LogP contribution < -0.4 is 5.32 Å². The number of halogens is 7. The smallest absolute Gasteiger partial charge is 0.459 e. The molecule has 1 amide bonds. The quantitative estimate of drug-likeness (QED) is 0.500. The number of rotatable bonds is 9. The molecule has 0 aromatic heterocycles. The van der Waals surface area contributed by atoms with E-state index in [-0.39, 0.29) is 13.0 Å². The average molecular weight is 369 g/mol. The molecule has 1 atom stereocenters. The van der Waals surface area contributed by atoms with Crippen molar-refractivity contribution in [2.24, 2.45) is 0 Å². The predicted molar refractivity (Wildman–Crippen MR) is 68.7 cm³/mol. The third-order valence-electron chi connectivity index (χ3n) is 2.84. The Kier molecular flexibility index (Phi) is 7.97. The Morgan fingerprint density at radius 1 is 1.00 bits per heavy atom. The van der Waals surface area contributed by atoms with Crippen molar-refractivity contribution in [2.45, 2.75) is 63.6 Å². The molecule has 142 valence electrons. The maximum Gasteiger partial charge on any atom is 0.459 e. The fourth-order valence-electron chi connectivity index (χ4n) is 1.61. The van der Waals surface area contributed by atoms with Crippen LogP contribution in [-0.4, -0.2) is 42.5 Å². The highest BCUT2D eigenvalue weighted by Crippen LogP contribution is 2.47. The summed E-state index contributed by atoms with van der Waals surface area (Å²) in [7, 11) is 0. The molecule has 0 radical (unpaired) electrons. The van der Waals surface area contributed by atoms with Gasteiger partial charge in [0, 0.05) is 0 Å². The molecule has 11 heteroatoms. The maximum absolute atomic E-state index is 13.1. The van der Waals surface area contributed by atoms with E-state index in [9.17, 15) is 40.3 Å². The summed E-state index contributed by atoms with van der Waals surface area (Å²) in [5.41, 5.74) is 0. The molecule has 0 aliphatic rings. The lowest BCUT2D eigenvalue weighted by Crippen LogP contribution is -2.54. The first-order chi connectivity index (χ1) is 10.8. The zero-order valence-corrected chi connectivity index (χ0v) is 13.0. The average Bonchev–Trinajstić information content (AvgIpc) is 2.42. The maximum atomic E-state index is 13.1. The number of amides is 1. The molecule has 24 heavy (non-hydrogen) atoms. The van der Waals surface area contributed by atoms with Gasteiger partial charge in [0.2, 0.25) is 5.91 Å². The Hall–Kier alpha value is -1.55. The van der Waals surface area contributed by atoms with Crippen molar-refractivity contribution in [3.05, 3.63) is 0 Å². The summed E-state index contributed by atoms with van der Waals surface area (Å²) in [4.78, 5) is 23.0. The van der Waals surface area contributed by atoms with E-state index in [4.69, 9.17) is 0 Å². The van der Waals surface area contributed by atoms with E-state index in [0.717, 1.165) is 0 Å². The largest absolute Gasteiger partial charge is 0.464 e. The minimum absolute atomic E-state index is 0.0166. The molecule has 4 nitrogen and oxygen atoms in total. The Morgan fingerprint density at radius 3 is 1.96 bits per heavy atom. The van der Waals surface area contributed by atoms with Gasteiger partial charge in [-0.15, -0.1) is 0 Å². The van der Waals surface area contributed by atoms with Crippen molar-refractivity contribution in [1.29, 1.82) is 0 Å². The summed E-state index contributed by atoms with van der Waals surface area (Å²) < 4.78 is 92.4. The number of carbonyl (C=O) groups is 2. The molecule has 0 rings (SSSR count). The number of hydrogen-bond donors (Lipinski definition) is 1. The summed E-state index contributed by atoms with van der Waals surface area (Å²) in [6, 6.07) is -1.40. The van der Waals surface area contributed by atoms with Crippen LogP contribution in [-0.2, 0) is 14.3 Å². The minimum atomic E-state index is -6.51. The number of alkyl halides is 7. The third kappa shape index (κ3) is 5.82. The number of ether oxygens (including phenoxy) is 1. The van der Waals surface area contributed by atoms with Gasteiger partial charge < -0.3 is 10.1 Å². The van der Waals surface area contributed by atoms with Crippen molar-refractivity contribution < 1.29 is 45.1 Å². The summed E-state index contributed by atoms with van der Waals surface area (Å²) in [5, 5.41) is 1.71. The molecule has 0 fully saturated rings. The fourth-order valence-corrected chi connectivity index (χ4v) is 1.61. The SMILES string of the molecule is CCCOC(=O)C(CCC)NC(=O)CC(F)(F)C(F)(F)C(F)(F)F. The lowest BCUT2D eigenvalue weighted by Gasteiger charge is -2.28. The molecular formula is C13H18F7NO3. The second-order valence-electron chi connectivity index (χ2n) is 5.03. The van der Waals surface area contributed by atoms with Gasteiger partial charge in [0.15, 0.2) is 0 Å². The van der Waals surface area contributed by atoms with Gasteiger partial charge in [-0.05, 0) is 12.8 Å². The zero-order chi connectivity index (χ0) is 19.2. The van der Waals surface area contributed by atoms with Gasteiger partial charge in [0.05, 0.1) is 13.0 Å². The van der Waals surface area contributed by atoms with Crippen LogP contribution in [0, 0.1) is 0 Å². The van der Waals surface area contributed by atoms with Gasteiger partial charge in [-0.3, -0.25) is 4.79 Å². The van der Waals surface area contributed by atoms with Crippen LogP contribution in [0.15, 0.2) is 0 Å². The predicted octanol–water partition coefficient (Wildman–Crippen LogP) is 3.45. The molecular weight excluding hydrogens is 351 g/mol. The Balaban J connectivity index is 4.98. The summed E-state index contributed by atoms with van der Waals surface area (Å²) in [6.07, 6.45) is -8.23. The van der Waals surface area contributed by atoms with Crippen LogP contribution in [0.25, 0.3) is 0 Å². The topological polar surface area (TPSA) is 55.4 Å². The van der Waals surface area contributed by atoms with E-state index < -0.39 is 42.4 Å². The first-order valence-corrected chi connectivity index (χ1v) is 7.08. The summed E-state index contributed by atoms with van der Waals surface area (Å²) in [6.45, 7) is 3.23. The highest BCUT2D eigenvalue weighted by atomic mass is 19.4. The van der Waals surface area contributed by atoms with E-state index in [1.165, 1.54) is 0 Å². The van der Waals surface area contributed by atoms with Gasteiger partial charge in [-0.1, -0.05) is 20.3 Å². The summed E-state index contributed by atoms with van der Waals surface area (Å²) >= 11 is 0. The second-order valence-corrected chi connectivity index (χ2v) is 5.03. The van der Waals surface area contributed by atoms with Gasteiger partial charge in [0.1, 0.15) is 6.04 Å². The van der Waals surface area contributed by atoms with Crippen LogP contribution >= 0.6 is 0 Å². The van der Waals surface area contributed by atoms with Crippen LogP contribution in [0.3, 0.4) is 0 Å². The third-order valence-corrected chi connectivity index (χ3v) is 2.84. The number of carbonyl (C=O) groups excluding carboxylic acids is 2. The highest BCUT2D eigenvalue weighted by molar-refractivity contribution is 5.84. The second kappa shape index (κ2) is 8.52. The number of hydrogen-bond acceptors (Lipinski definition) is 3. The number of nitrogens with one attached hydrogen (secondary N) is 1. The van der Waals surface area contributed by atoms with Crippen molar-refractivity contribution in [1.82, 2.24) is 5.32 Å². The molecule has 0 heterocycles. The Labute approximate surface area is 133 Å². The lowest BCUT2D eigenvalue weighted by atomic mass is 10.1. The molecule has 0 saturated heterocycles. The van der Waals surface area contributed by atoms with E-state index in [2.05, 4.69) is 4.74 Å². The molecule has 0 aromatic carbocycles. The fraction of sp³-hybridized carbons (Fsp3) is 0.846. The molecule has 0 bridgehead atoms. The van der Waals surface area contributed by atoms with Crippen LogP contribution in [0.1, 0.15) is 39.5 Å². The van der Waals surface area contributed by atoms with E-state index >= 15 is 0 Å². The highest BCUT2D eigenvalue weighted by Gasteiger charge is 2.73. The Bertz CT molecular complexity index is 438. The van der Waals surface area contributed by atoms with Crippen molar-refractivity contribution >= 4 is 11.9 Å². The van der Waals surface area contributed by atoms with Crippen molar-refractivity contribution in [3.63, 3.8) is 0 Å². The first-order valence-electron chi connectivity index (χ1n) is 7.08. The molecule has 0 aliphatic carbocycles. The van der Waals surface area contributed by atoms with Crippen molar-refractivity contribution in [2.75, 3.05) is 6.61 Å². The van der Waals surface area contributed by atoms with Crippen LogP contribution in [0.2, 0.25) is 0 Å².